The van der Waals surface area contributed by atoms with Crippen molar-refractivity contribution in [2.75, 3.05) is 26.2 Å². The van der Waals surface area contributed by atoms with Crippen LogP contribution in [0, 0.1) is 0 Å². The molecule has 1 aromatic rings. The first-order chi connectivity index (χ1) is 10.5. The number of ether oxygens (including phenoxy) is 1. The Morgan fingerprint density at radius 3 is 2.27 bits per heavy atom. The number of likely N-dealkylation sites (tertiary alicyclic amines) is 1. The van der Waals surface area contributed by atoms with Crippen molar-refractivity contribution < 1.29 is 4.74 Å². The molecule has 1 aromatic carbocycles. The molecule has 0 N–H and O–H groups in total. The summed E-state index contributed by atoms with van der Waals surface area (Å²) >= 11 is 0. The molecule has 2 heteroatoms. The first-order valence-corrected chi connectivity index (χ1v) is 8.97. The molecule has 2 saturated heterocycles. The minimum Gasteiger partial charge on any atom is -0.377 e. The third-order valence-electron chi connectivity index (χ3n) is 5.32. The Balaban J connectivity index is 1.52. The van der Waals surface area contributed by atoms with Crippen molar-refractivity contribution in [2.45, 2.75) is 63.9 Å². The van der Waals surface area contributed by atoms with E-state index >= 15 is 0 Å². The van der Waals surface area contributed by atoms with Crippen LogP contribution in [0.1, 0.15) is 63.5 Å². The number of hydrogen-bond acceptors (Lipinski definition) is 2. The molecule has 1 atom stereocenters. The fraction of sp³-hybridized carbons (Fsp3) is 0.700. The molecule has 2 fully saturated rings. The second kappa shape index (κ2) is 6.72. The lowest BCUT2D eigenvalue weighted by molar-refractivity contribution is 0.0643. The molecular weight excluding hydrogens is 270 g/mol. The zero-order valence-corrected chi connectivity index (χ0v) is 14.5. The first kappa shape index (κ1) is 16.0. The van der Waals surface area contributed by atoms with Gasteiger partial charge in [-0.3, -0.25) is 0 Å². The summed E-state index contributed by atoms with van der Waals surface area (Å²) in [5, 5.41) is 0. The molecule has 0 spiro atoms. The van der Waals surface area contributed by atoms with E-state index in [0.717, 1.165) is 19.1 Å². The minimum absolute atomic E-state index is 0.253. The van der Waals surface area contributed by atoms with Gasteiger partial charge in [0, 0.05) is 13.2 Å². The average molecular weight is 301 g/mol. The highest BCUT2D eigenvalue weighted by Gasteiger charge is 2.24. The Hall–Kier alpha value is -0.860. The molecule has 1 unspecified atom stereocenters. The lowest BCUT2D eigenvalue weighted by atomic mass is 9.84. The molecule has 2 aliphatic heterocycles. The van der Waals surface area contributed by atoms with Crippen LogP contribution in [0.3, 0.4) is 0 Å². The summed E-state index contributed by atoms with van der Waals surface area (Å²) in [5.74, 6) is 0.745. The van der Waals surface area contributed by atoms with Crippen molar-refractivity contribution in [1.29, 1.82) is 0 Å². The highest BCUT2D eigenvalue weighted by Crippen LogP contribution is 2.30. The largest absolute Gasteiger partial charge is 0.377 e. The summed E-state index contributed by atoms with van der Waals surface area (Å²) in [6.45, 7) is 11.4. The third-order valence-corrected chi connectivity index (χ3v) is 5.32. The molecule has 2 heterocycles. The summed E-state index contributed by atoms with van der Waals surface area (Å²) in [5.41, 5.74) is 3.22. The van der Waals surface area contributed by atoms with Gasteiger partial charge in [0.15, 0.2) is 0 Å². The van der Waals surface area contributed by atoms with Crippen LogP contribution < -0.4 is 0 Å². The van der Waals surface area contributed by atoms with Crippen LogP contribution in [-0.4, -0.2) is 37.2 Å². The molecule has 3 rings (SSSR count). The summed E-state index contributed by atoms with van der Waals surface area (Å²) in [4.78, 5) is 2.61. The van der Waals surface area contributed by atoms with Gasteiger partial charge in [0.25, 0.3) is 0 Å². The summed E-state index contributed by atoms with van der Waals surface area (Å²) in [7, 11) is 0. The fourth-order valence-electron chi connectivity index (χ4n) is 3.78. The normalized spacial score (nSPS) is 24.8. The van der Waals surface area contributed by atoms with Crippen molar-refractivity contribution >= 4 is 0 Å². The van der Waals surface area contributed by atoms with Gasteiger partial charge in [-0.2, -0.15) is 0 Å². The zero-order chi connectivity index (χ0) is 15.6. The quantitative estimate of drug-likeness (QED) is 0.823. The van der Waals surface area contributed by atoms with E-state index in [4.69, 9.17) is 4.74 Å². The predicted molar refractivity (Wildman–Crippen MR) is 92.5 cm³/mol. The van der Waals surface area contributed by atoms with Gasteiger partial charge in [0.2, 0.25) is 0 Å². The lowest BCUT2D eigenvalue weighted by Gasteiger charge is -2.33. The van der Waals surface area contributed by atoms with Crippen molar-refractivity contribution in [3.63, 3.8) is 0 Å². The van der Waals surface area contributed by atoms with E-state index in [1.165, 1.54) is 49.9 Å². The Kier molecular flexibility index (Phi) is 4.89. The van der Waals surface area contributed by atoms with Gasteiger partial charge in [0.05, 0.1) is 6.10 Å². The van der Waals surface area contributed by atoms with Gasteiger partial charge in [-0.25, -0.2) is 0 Å². The Bertz CT molecular complexity index is 459. The van der Waals surface area contributed by atoms with E-state index in [1.807, 2.05) is 0 Å². The Labute approximate surface area is 135 Å². The third kappa shape index (κ3) is 3.91. The second-order valence-electron chi connectivity index (χ2n) is 8.08. The van der Waals surface area contributed by atoms with Crippen molar-refractivity contribution in [3.05, 3.63) is 35.4 Å². The molecule has 22 heavy (non-hydrogen) atoms. The van der Waals surface area contributed by atoms with E-state index in [9.17, 15) is 0 Å². The van der Waals surface area contributed by atoms with E-state index < -0.39 is 0 Å². The highest BCUT2D eigenvalue weighted by atomic mass is 16.5. The van der Waals surface area contributed by atoms with Crippen LogP contribution in [0.25, 0.3) is 0 Å². The summed E-state index contributed by atoms with van der Waals surface area (Å²) in [6, 6.07) is 9.38. The monoisotopic (exact) mass is 301 g/mol. The molecule has 0 amide bonds. The maximum atomic E-state index is 5.77. The van der Waals surface area contributed by atoms with Crippen molar-refractivity contribution in [2.24, 2.45) is 0 Å². The Morgan fingerprint density at radius 2 is 1.73 bits per heavy atom. The molecule has 122 valence electrons. The fourth-order valence-corrected chi connectivity index (χ4v) is 3.78. The van der Waals surface area contributed by atoms with Gasteiger partial charge >= 0.3 is 0 Å². The van der Waals surface area contributed by atoms with Gasteiger partial charge < -0.3 is 9.64 Å². The lowest BCUT2D eigenvalue weighted by Crippen LogP contribution is -2.38. The van der Waals surface area contributed by atoms with Crippen LogP contribution in [0.4, 0.5) is 0 Å². The smallest absolute Gasteiger partial charge is 0.0702 e. The molecule has 0 radical (unpaired) electrons. The van der Waals surface area contributed by atoms with Crippen LogP contribution in [0.5, 0.6) is 0 Å². The second-order valence-corrected chi connectivity index (χ2v) is 8.08. The molecule has 0 aromatic heterocycles. The standard InChI is InChI=1S/C20H31NO/c1-20(2,3)18-8-6-16(7-9-18)17-10-12-21(13-11-17)15-19-5-4-14-22-19/h6-9,17,19H,4-5,10-15H2,1-3H3. The van der Waals surface area contributed by atoms with Gasteiger partial charge in [0.1, 0.15) is 0 Å². The number of nitrogens with zero attached hydrogens (tertiary/aromatic N) is 1. The van der Waals surface area contributed by atoms with Crippen molar-refractivity contribution in [3.8, 4) is 0 Å². The van der Waals surface area contributed by atoms with Crippen LogP contribution in [0.2, 0.25) is 0 Å². The zero-order valence-electron chi connectivity index (χ0n) is 14.5. The average Bonchev–Trinajstić information content (AvgIpc) is 3.00. The van der Waals surface area contributed by atoms with Crippen LogP contribution in [-0.2, 0) is 10.2 Å². The topological polar surface area (TPSA) is 12.5 Å². The maximum Gasteiger partial charge on any atom is 0.0702 e. The van der Waals surface area contributed by atoms with Crippen molar-refractivity contribution in [1.82, 2.24) is 4.90 Å². The number of piperidine rings is 1. The van der Waals surface area contributed by atoms with Crippen LogP contribution in [0.15, 0.2) is 24.3 Å². The molecule has 0 aliphatic carbocycles. The predicted octanol–water partition coefficient (Wildman–Crippen LogP) is 4.34. The molecule has 2 nitrogen and oxygen atoms in total. The number of rotatable bonds is 3. The Morgan fingerprint density at radius 1 is 1.05 bits per heavy atom. The SMILES string of the molecule is CC(C)(C)c1ccc(C2CCN(CC3CCCO3)CC2)cc1. The van der Waals surface area contributed by atoms with E-state index in [1.54, 1.807) is 0 Å². The summed E-state index contributed by atoms with van der Waals surface area (Å²) < 4.78 is 5.77. The highest BCUT2D eigenvalue weighted by molar-refractivity contribution is 5.29. The molecule has 0 bridgehead atoms. The van der Waals surface area contributed by atoms with E-state index in [0.29, 0.717) is 6.10 Å². The first-order valence-electron chi connectivity index (χ1n) is 8.97. The molecular formula is C20H31NO. The minimum atomic E-state index is 0.253. The van der Waals surface area contributed by atoms with Gasteiger partial charge in [-0.1, -0.05) is 45.0 Å². The maximum absolute atomic E-state index is 5.77. The van der Waals surface area contributed by atoms with E-state index in [2.05, 4.69) is 49.9 Å². The number of benzene rings is 1. The van der Waals surface area contributed by atoms with E-state index in [-0.39, 0.29) is 5.41 Å². The van der Waals surface area contributed by atoms with Gasteiger partial charge in [-0.05, 0) is 61.2 Å². The molecule has 2 aliphatic rings. The van der Waals surface area contributed by atoms with Gasteiger partial charge in [-0.15, -0.1) is 0 Å². The molecule has 0 saturated carbocycles. The number of hydrogen-bond donors (Lipinski definition) is 0. The summed E-state index contributed by atoms with van der Waals surface area (Å²) in [6.07, 6.45) is 5.60. The van der Waals surface area contributed by atoms with Crippen LogP contribution >= 0.6 is 0 Å².